The summed E-state index contributed by atoms with van der Waals surface area (Å²) in [7, 11) is -3.43. The molecule has 9 heteroatoms. The average molecular weight is 446 g/mol. The minimum Gasteiger partial charge on any atom is -0.485 e. The molecular formula is C22H17F3N2O3S. The van der Waals surface area contributed by atoms with Crippen LogP contribution in [0.5, 0.6) is 5.75 Å². The molecule has 0 bridgehead atoms. The Morgan fingerprint density at radius 2 is 1.71 bits per heavy atom. The Bertz CT molecular complexity index is 1360. The van der Waals surface area contributed by atoms with Gasteiger partial charge in [-0.15, -0.1) is 0 Å². The van der Waals surface area contributed by atoms with E-state index in [-0.39, 0.29) is 17.3 Å². The molecule has 0 fully saturated rings. The van der Waals surface area contributed by atoms with Gasteiger partial charge < -0.3 is 9.72 Å². The molecule has 4 rings (SSSR count). The molecule has 3 aromatic carbocycles. The van der Waals surface area contributed by atoms with Crippen molar-refractivity contribution in [3.63, 3.8) is 0 Å². The van der Waals surface area contributed by atoms with Crippen molar-refractivity contribution < 1.29 is 26.3 Å². The predicted molar refractivity (Wildman–Crippen MR) is 110 cm³/mol. The zero-order valence-electron chi connectivity index (χ0n) is 16.3. The quantitative estimate of drug-likeness (QED) is 0.456. The molecule has 0 amide bonds. The Morgan fingerprint density at radius 3 is 2.45 bits per heavy atom. The maximum atomic E-state index is 13.1. The van der Waals surface area contributed by atoms with Crippen LogP contribution in [0, 0.1) is 0 Å². The van der Waals surface area contributed by atoms with Crippen LogP contribution < -0.4 is 4.74 Å². The highest BCUT2D eigenvalue weighted by molar-refractivity contribution is 7.90. The number of fused-ring (bicyclic) bond motifs is 1. The number of imidazole rings is 1. The lowest BCUT2D eigenvalue weighted by molar-refractivity contribution is -0.139. The smallest absolute Gasteiger partial charge is 0.419 e. The minimum absolute atomic E-state index is 0.183. The highest BCUT2D eigenvalue weighted by Crippen LogP contribution is 2.36. The van der Waals surface area contributed by atoms with Crippen LogP contribution in [-0.4, -0.2) is 24.6 Å². The van der Waals surface area contributed by atoms with Gasteiger partial charge >= 0.3 is 6.18 Å². The topological polar surface area (TPSA) is 72.0 Å². The van der Waals surface area contributed by atoms with Crippen LogP contribution in [0.3, 0.4) is 0 Å². The first-order valence-corrected chi connectivity index (χ1v) is 11.1. The molecule has 0 unspecified atom stereocenters. The summed E-state index contributed by atoms with van der Waals surface area (Å²) in [5, 5.41) is 0. The van der Waals surface area contributed by atoms with Crippen molar-refractivity contribution >= 4 is 20.9 Å². The van der Waals surface area contributed by atoms with E-state index >= 15 is 0 Å². The summed E-state index contributed by atoms with van der Waals surface area (Å²) in [4.78, 5) is 7.60. The van der Waals surface area contributed by atoms with Crippen LogP contribution in [0.2, 0.25) is 0 Å². The van der Waals surface area contributed by atoms with Crippen LogP contribution in [0.25, 0.3) is 22.2 Å². The number of benzene rings is 3. The Morgan fingerprint density at radius 1 is 1.00 bits per heavy atom. The van der Waals surface area contributed by atoms with E-state index in [1.54, 1.807) is 36.4 Å². The van der Waals surface area contributed by atoms with Crippen molar-refractivity contribution in [3.05, 3.63) is 78.1 Å². The Kier molecular flexibility index (Phi) is 5.22. The van der Waals surface area contributed by atoms with E-state index in [2.05, 4.69) is 9.97 Å². The number of sulfone groups is 1. The number of hydrogen-bond acceptors (Lipinski definition) is 4. The summed E-state index contributed by atoms with van der Waals surface area (Å²) in [5.41, 5.74) is 1.55. The van der Waals surface area contributed by atoms with E-state index in [9.17, 15) is 21.6 Å². The SMILES string of the molecule is CS(=O)(=O)c1ccccc1-c1ccc2[nH]c(COc3ccccc3C(F)(F)F)nc2c1. The number of halogens is 3. The number of aromatic nitrogens is 2. The average Bonchev–Trinajstić information content (AvgIpc) is 3.13. The Hall–Kier alpha value is -3.33. The molecule has 0 spiro atoms. The molecule has 31 heavy (non-hydrogen) atoms. The lowest BCUT2D eigenvalue weighted by Gasteiger charge is -2.12. The second-order valence-electron chi connectivity index (χ2n) is 6.97. The maximum Gasteiger partial charge on any atom is 0.419 e. The van der Waals surface area contributed by atoms with E-state index in [1.807, 2.05) is 0 Å². The van der Waals surface area contributed by atoms with Crippen molar-refractivity contribution in [1.82, 2.24) is 9.97 Å². The van der Waals surface area contributed by atoms with E-state index in [1.165, 1.54) is 24.3 Å². The van der Waals surface area contributed by atoms with E-state index < -0.39 is 21.6 Å². The molecule has 1 heterocycles. The molecule has 4 aromatic rings. The molecule has 0 radical (unpaired) electrons. The fraction of sp³-hybridized carbons (Fsp3) is 0.136. The van der Waals surface area contributed by atoms with E-state index in [4.69, 9.17) is 4.74 Å². The van der Waals surface area contributed by atoms with Gasteiger partial charge in [-0.05, 0) is 35.9 Å². The third kappa shape index (κ3) is 4.41. The third-order valence-corrected chi connectivity index (χ3v) is 5.84. The first kappa shape index (κ1) is 20.9. The van der Waals surface area contributed by atoms with Gasteiger partial charge in [0, 0.05) is 11.8 Å². The number of rotatable bonds is 5. The van der Waals surface area contributed by atoms with Crippen molar-refractivity contribution in [3.8, 4) is 16.9 Å². The van der Waals surface area contributed by atoms with Crippen LogP contribution in [-0.2, 0) is 22.6 Å². The molecule has 0 atom stereocenters. The second kappa shape index (κ2) is 7.73. The van der Waals surface area contributed by atoms with Gasteiger partial charge in [0.1, 0.15) is 18.2 Å². The number of ether oxygens (including phenoxy) is 1. The Labute approximate surface area is 176 Å². The highest BCUT2D eigenvalue weighted by Gasteiger charge is 2.34. The molecule has 0 aliphatic rings. The van der Waals surface area contributed by atoms with Gasteiger partial charge in [-0.2, -0.15) is 13.2 Å². The largest absolute Gasteiger partial charge is 0.485 e. The second-order valence-corrected chi connectivity index (χ2v) is 8.95. The molecule has 5 nitrogen and oxygen atoms in total. The number of H-pyrrole nitrogens is 1. The normalized spacial score (nSPS) is 12.3. The lowest BCUT2D eigenvalue weighted by atomic mass is 10.1. The van der Waals surface area contributed by atoms with Gasteiger partial charge in [0.05, 0.1) is 21.5 Å². The lowest BCUT2D eigenvalue weighted by Crippen LogP contribution is -2.08. The number of nitrogens with zero attached hydrogens (tertiary/aromatic N) is 1. The zero-order chi connectivity index (χ0) is 22.2. The van der Waals surface area contributed by atoms with Crippen LogP contribution >= 0.6 is 0 Å². The van der Waals surface area contributed by atoms with Gasteiger partial charge in [0.25, 0.3) is 0 Å². The number of hydrogen-bond donors (Lipinski definition) is 1. The number of para-hydroxylation sites is 1. The van der Waals surface area contributed by atoms with Gasteiger partial charge in [-0.3, -0.25) is 0 Å². The van der Waals surface area contributed by atoms with Crippen molar-refractivity contribution in [2.45, 2.75) is 17.7 Å². The monoisotopic (exact) mass is 446 g/mol. The predicted octanol–water partition coefficient (Wildman–Crippen LogP) is 5.23. The molecule has 0 saturated carbocycles. The van der Waals surface area contributed by atoms with Gasteiger partial charge in [0.15, 0.2) is 9.84 Å². The summed E-state index contributed by atoms with van der Waals surface area (Å²) < 4.78 is 68.9. The minimum atomic E-state index is -4.52. The summed E-state index contributed by atoms with van der Waals surface area (Å²) >= 11 is 0. The molecular weight excluding hydrogens is 429 g/mol. The van der Waals surface area contributed by atoms with Crippen molar-refractivity contribution in [1.29, 1.82) is 0 Å². The molecule has 0 aliphatic carbocycles. The van der Waals surface area contributed by atoms with Crippen molar-refractivity contribution in [2.24, 2.45) is 0 Å². The van der Waals surface area contributed by atoms with Gasteiger partial charge in [-0.25, -0.2) is 13.4 Å². The summed E-state index contributed by atoms with van der Waals surface area (Å²) in [5.74, 6) is 0.0683. The molecule has 160 valence electrons. The molecule has 1 N–H and O–H groups in total. The zero-order valence-corrected chi connectivity index (χ0v) is 17.1. The van der Waals surface area contributed by atoms with Crippen LogP contribution in [0.1, 0.15) is 11.4 Å². The number of nitrogens with one attached hydrogen (secondary N) is 1. The third-order valence-electron chi connectivity index (χ3n) is 4.69. The Balaban J connectivity index is 1.63. The van der Waals surface area contributed by atoms with Gasteiger partial charge in [-0.1, -0.05) is 36.4 Å². The summed E-state index contributed by atoms with van der Waals surface area (Å²) in [6.07, 6.45) is -3.38. The number of alkyl halides is 3. The first-order valence-electron chi connectivity index (χ1n) is 9.20. The fourth-order valence-electron chi connectivity index (χ4n) is 3.30. The number of aromatic amines is 1. The van der Waals surface area contributed by atoms with Crippen LogP contribution in [0.4, 0.5) is 13.2 Å². The molecule has 0 aliphatic heterocycles. The van der Waals surface area contributed by atoms with Crippen molar-refractivity contribution in [2.75, 3.05) is 6.26 Å². The van der Waals surface area contributed by atoms with Gasteiger partial charge in [0.2, 0.25) is 0 Å². The fourth-order valence-corrected chi connectivity index (χ4v) is 4.21. The maximum absolute atomic E-state index is 13.1. The molecule has 1 aromatic heterocycles. The molecule has 0 saturated heterocycles. The summed E-state index contributed by atoms with van der Waals surface area (Å²) in [6, 6.07) is 16.9. The van der Waals surface area contributed by atoms with E-state index in [0.29, 0.717) is 28.0 Å². The van der Waals surface area contributed by atoms with Crippen LogP contribution in [0.15, 0.2) is 71.6 Å². The standard InChI is InChI=1S/C22H17F3N2O3S/c1-31(28,29)20-9-5-2-6-15(20)14-10-11-17-18(12-14)27-21(26-17)13-30-19-8-4-3-7-16(19)22(23,24)25/h2-12H,13H2,1H3,(H,26,27). The highest BCUT2D eigenvalue weighted by atomic mass is 32.2. The first-order chi connectivity index (χ1) is 14.6. The van der Waals surface area contributed by atoms with E-state index in [0.717, 1.165) is 12.3 Å². The summed E-state index contributed by atoms with van der Waals surface area (Å²) in [6.45, 7) is -0.183.